The van der Waals surface area contributed by atoms with E-state index in [0.29, 0.717) is 17.1 Å². The summed E-state index contributed by atoms with van der Waals surface area (Å²) in [6.07, 6.45) is 1.52. The number of carbonyl (C=O) groups is 2. The van der Waals surface area contributed by atoms with E-state index in [-0.39, 0.29) is 24.0 Å². The molecule has 0 fully saturated rings. The van der Waals surface area contributed by atoms with Gasteiger partial charge in [0, 0.05) is 30.7 Å². The molecule has 1 amide bonds. The van der Waals surface area contributed by atoms with Gasteiger partial charge in [-0.1, -0.05) is 6.07 Å². The Kier molecular flexibility index (Phi) is 5.69. The van der Waals surface area contributed by atoms with Gasteiger partial charge in [0.15, 0.2) is 5.69 Å². The molecule has 0 atom stereocenters. The molecular weight excluding hydrogens is 360 g/mol. The number of nitrogens with zero attached hydrogens (tertiary/aromatic N) is 3. The first-order chi connectivity index (χ1) is 13.5. The Morgan fingerprint density at radius 1 is 1.18 bits per heavy atom. The fraction of sp³-hybridized carbons (Fsp3) is 0.200. The predicted molar refractivity (Wildman–Crippen MR) is 103 cm³/mol. The standard InChI is InChI=1S/C20H20N4O4/c1-4-27-20(26)16-9-6-10-21-19(16)28-15-8-5-7-14(12-15)22-18(25)17-11-13(2)24(3)23-17/h5-12H,4H2,1-3H3,(H,22,25). The fourth-order valence-corrected chi connectivity index (χ4v) is 2.45. The van der Waals surface area contributed by atoms with Gasteiger partial charge in [0.25, 0.3) is 5.91 Å². The van der Waals surface area contributed by atoms with Gasteiger partial charge in [0.05, 0.1) is 6.61 Å². The molecule has 0 radical (unpaired) electrons. The smallest absolute Gasteiger partial charge is 0.343 e. The number of anilines is 1. The van der Waals surface area contributed by atoms with Crippen molar-refractivity contribution in [2.24, 2.45) is 7.05 Å². The number of esters is 1. The summed E-state index contributed by atoms with van der Waals surface area (Å²) in [5.41, 5.74) is 1.95. The van der Waals surface area contributed by atoms with E-state index in [1.54, 1.807) is 61.1 Å². The van der Waals surface area contributed by atoms with Gasteiger partial charge >= 0.3 is 5.97 Å². The van der Waals surface area contributed by atoms with E-state index < -0.39 is 5.97 Å². The van der Waals surface area contributed by atoms with Crippen LogP contribution in [0.3, 0.4) is 0 Å². The van der Waals surface area contributed by atoms with Gasteiger partial charge in [-0.25, -0.2) is 9.78 Å². The Morgan fingerprint density at radius 3 is 2.71 bits per heavy atom. The maximum absolute atomic E-state index is 12.4. The summed E-state index contributed by atoms with van der Waals surface area (Å²) in [5, 5.41) is 6.93. The molecule has 144 valence electrons. The number of hydrogen-bond acceptors (Lipinski definition) is 6. The van der Waals surface area contributed by atoms with Crippen molar-refractivity contribution in [1.29, 1.82) is 0 Å². The first kappa shape index (κ1) is 19.1. The van der Waals surface area contributed by atoms with Gasteiger partial charge in [0.1, 0.15) is 11.3 Å². The zero-order valence-electron chi connectivity index (χ0n) is 15.8. The number of benzene rings is 1. The van der Waals surface area contributed by atoms with Crippen LogP contribution in [0.4, 0.5) is 5.69 Å². The molecule has 0 spiro atoms. The van der Waals surface area contributed by atoms with E-state index in [9.17, 15) is 9.59 Å². The molecule has 0 unspecified atom stereocenters. The van der Waals surface area contributed by atoms with Gasteiger partial charge < -0.3 is 14.8 Å². The molecular formula is C20H20N4O4. The molecule has 2 aromatic heterocycles. The van der Waals surface area contributed by atoms with Crippen LogP contribution in [0.1, 0.15) is 33.5 Å². The Bertz CT molecular complexity index is 993. The van der Waals surface area contributed by atoms with Crippen LogP contribution in [0.2, 0.25) is 0 Å². The molecule has 1 aromatic carbocycles. The number of rotatable bonds is 6. The maximum atomic E-state index is 12.4. The van der Waals surface area contributed by atoms with Crippen LogP contribution >= 0.6 is 0 Å². The second-order valence-corrected chi connectivity index (χ2v) is 5.96. The number of pyridine rings is 1. The number of aryl methyl sites for hydroxylation is 2. The summed E-state index contributed by atoms with van der Waals surface area (Å²) in [4.78, 5) is 28.5. The molecule has 8 heteroatoms. The first-order valence-corrected chi connectivity index (χ1v) is 8.70. The molecule has 1 N–H and O–H groups in total. The molecule has 0 saturated heterocycles. The van der Waals surface area contributed by atoms with Crippen LogP contribution in [0, 0.1) is 6.92 Å². The third-order valence-electron chi connectivity index (χ3n) is 3.92. The second-order valence-electron chi connectivity index (χ2n) is 5.96. The van der Waals surface area contributed by atoms with E-state index in [0.717, 1.165) is 5.69 Å². The lowest BCUT2D eigenvalue weighted by Crippen LogP contribution is -2.13. The minimum atomic E-state index is -0.513. The molecule has 0 saturated carbocycles. The summed E-state index contributed by atoms with van der Waals surface area (Å²) in [7, 11) is 1.77. The van der Waals surface area contributed by atoms with Crippen molar-refractivity contribution < 1.29 is 19.1 Å². The number of aromatic nitrogens is 3. The van der Waals surface area contributed by atoms with Gasteiger partial charge in [-0.3, -0.25) is 9.48 Å². The minimum Gasteiger partial charge on any atom is -0.462 e. The highest BCUT2D eigenvalue weighted by molar-refractivity contribution is 6.03. The molecule has 0 aliphatic carbocycles. The quantitative estimate of drug-likeness (QED) is 0.659. The van der Waals surface area contributed by atoms with Crippen LogP contribution in [0.15, 0.2) is 48.7 Å². The highest BCUT2D eigenvalue weighted by atomic mass is 16.5. The van der Waals surface area contributed by atoms with Crippen molar-refractivity contribution in [2.75, 3.05) is 11.9 Å². The van der Waals surface area contributed by atoms with E-state index in [1.165, 1.54) is 6.20 Å². The molecule has 2 heterocycles. The largest absolute Gasteiger partial charge is 0.462 e. The Morgan fingerprint density at radius 2 is 2.00 bits per heavy atom. The average molecular weight is 380 g/mol. The number of carbonyl (C=O) groups excluding carboxylic acids is 2. The van der Waals surface area contributed by atoms with Gasteiger partial charge in [-0.05, 0) is 44.2 Å². The van der Waals surface area contributed by atoms with Crippen molar-refractivity contribution in [3.8, 4) is 11.6 Å². The van der Waals surface area contributed by atoms with Crippen molar-refractivity contribution in [2.45, 2.75) is 13.8 Å². The molecule has 8 nitrogen and oxygen atoms in total. The van der Waals surface area contributed by atoms with Crippen LogP contribution in [-0.4, -0.2) is 33.2 Å². The highest BCUT2D eigenvalue weighted by Crippen LogP contribution is 2.26. The van der Waals surface area contributed by atoms with Crippen molar-refractivity contribution in [3.05, 3.63) is 65.6 Å². The number of hydrogen-bond donors (Lipinski definition) is 1. The van der Waals surface area contributed by atoms with Crippen molar-refractivity contribution in [3.63, 3.8) is 0 Å². The van der Waals surface area contributed by atoms with E-state index >= 15 is 0 Å². The molecule has 28 heavy (non-hydrogen) atoms. The zero-order chi connectivity index (χ0) is 20.1. The van der Waals surface area contributed by atoms with Gasteiger partial charge in [-0.2, -0.15) is 5.10 Å². The molecule has 0 aliphatic heterocycles. The third-order valence-corrected chi connectivity index (χ3v) is 3.92. The summed E-state index contributed by atoms with van der Waals surface area (Å²) in [6.45, 7) is 3.85. The minimum absolute atomic E-state index is 0.129. The first-order valence-electron chi connectivity index (χ1n) is 8.70. The highest BCUT2D eigenvalue weighted by Gasteiger charge is 2.16. The second kappa shape index (κ2) is 8.34. The number of nitrogens with one attached hydrogen (secondary N) is 1. The zero-order valence-corrected chi connectivity index (χ0v) is 15.8. The molecule has 3 aromatic rings. The third kappa shape index (κ3) is 4.35. The molecule has 0 bridgehead atoms. The molecule has 0 aliphatic rings. The lowest BCUT2D eigenvalue weighted by Gasteiger charge is -2.10. The number of ether oxygens (including phenoxy) is 2. The summed E-state index contributed by atoms with van der Waals surface area (Å²) >= 11 is 0. The predicted octanol–water partition coefficient (Wildman–Crippen LogP) is 3.34. The summed E-state index contributed by atoms with van der Waals surface area (Å²) in [5.74, 6) is -0.296. The molecule has 3 rings (SSSR count). The van der Waals surface area contributed by atoms with E-state index in [2.05, 4.69) is 15.4 Å². The van der Waals surface area contributed by atoms with Crippen LogP contribution in [-0.2, 0) is 11.8 Å². The lowest BCUT2D eigenvalue weighted by atomic mass is 10.2. The average Bonchev–Trinajstić information content (AvgIpc) is 3.01. The normalized spacial score (nSPS) is 10.4. The lowest BCUT2D eigenvalue weighted by molar-refractivity contribution is 0.0522. The van der Waals surface area contributed by atoms with Crippen molar-refractivity contribution >= 4 is 17.6 Å². The maximum Gasteiger partial charge on any atom is 0.343 e. The van der Waals surface area contributed by atoms with Crippen LogP contribution in [0.5, 0.6) is 11.6 Å². The van der Waals surface area contributed by atoms with Crippen molar-refractivity contribution in [1.82, 2.24) is 14.8 Å². The monoisotopic (exact) mass is 380 g/mol. The Labute approximate surface area is 162 Å². The Balaban J connectivity index is 1.77. The van der Waals surface area contributed by atoms with E-state index in [1.807, 2.05) is 6.92 Å². The summed E-state index contributed by atoms with van der Waals surface area (Å²) in [6, 6.07) is 11.7. The van der Waals surface area contributed by atoms with Gasteiger partial charge in [0.2, 0.25) is 5.88 Å². The topological polar surface area (TPSA) is 95.3 Å². The summed E-state index contributed by atoms with van der Waals surface area (Å²) < 4.78 is 12.4. The van der Waals surface area contributed by atoms with Crippen LogP contribution in [0.25, 0.3) is 0 Å². The van der Waals surface area contributed by atoms with Gasteiger partial charge in [-0.15, -0.1) is 0 Å². The van der Waals surface area contributed by atoms with Crippen LogP contribution < -0.4 is 10.1 Å². The van der Waals surface area contributed by atoms with E-state index in [4.69, 9.17) is 9.47 Å². The number of amides is 1. The SMILES string of the molecule is CCOC(=O)c1cccnc1Oc1cccc(NC(=O)c2cc(C)n(C)n2)c1. The Hall–Kier alpha value is -3.68. The fourth-order valence-electron chi connectivity index (χ4n) is 2.45.